The van der Waals surface area contributed by atoms with Gasteiger partial charge >= 0.3 is 0 Å². The molecular weight excluding hydrogens is 542 g/mol. The Morgan fingerprint density at radius 3 is 2.17 bits per heavy atom. The van der Waals surface area contributed by atoms with E-state index in [-0.39, 0.29) is 29.0 Å². The van der Waals surface area contributed by atoms with Gasteiger partial charge in [-0.15, -0.1) is 0 Å². The normalized spacial score (nSPS) is 13.4. The van der Waals surface area contributed by atoms with Crippen LogP contribution in [0.5, 0.6) is 11.5 Å². The molecular formula is C31H37N3O6S. The van der Waals surface area contributed by atoms with Crippen LogP contribution in [0.15, 0.2) is 83.8 Å². The summed E-state index contributed by atoms with van der Waals surface area (Å²) in [6.45, 7) is 6.56. The highest BCUT2D eigenvalue weighted by Gasteiger charge is 2.33. The molecule has 0 saturated carbocycles. The first-order chi connectivity index (χ1) is 19.7. The van der Waals surface area contributed by atoms with E-state index in [1.807, 2.05) is 44.2 Å². The maximum Gasteiger partial charge on any atom is 0.264 e. The molecule has 218 valence electrons. The van der Waals surface area contributed by atoms with Gasteiger partial charge in [-0.05, 0) is 49.1 Å². The molecule has 0 bridgehead atoms. The number of carbonyl (C=O) groups is 2. The van der Waals surface area contributed by atoms with Crippen LogP contribution >= 0.6 is 0 Å². The molecule has 0 unspecified atom stereocenters. The van der Waals surface area contributed by atoms with Crippen LogP contribution < -0.4 is 19.1 Å². The molecule has 0 radical (unpaired) electrons. The molecule has 0 spiro atoms. The van der Waals surface area contributed by atoms with E-state index in [0.717, 1.165) is 9.87 Å². The Morgan fingerprint density at radius 1 is 0.878 bits per heavy atom. The van der Waals surface area contributed by atoms with Crippen molar-refractivity contribution in [3.05, 3.63) is 84.4 Å². The van der Waals surface area contributed by atoms with Gasteiger partial charge in [-0.1, -0.05) is 62.4 Å². The van der Waals surface area contributed by atoms with Crippen LogP contribution in [0.25, 0.3) is 0 Å². The second kappa shape index (κ2) is 13.5. The number of benzene rings is 3. The smallest absolute Gasteiger partial charge is 0.264 e. The summed E-state index contributed by atoms with van der Waals surface area (Å²) in [6, 6.07) is 21.6. The van der Waals surface area contributed by atoms with Crippen molar-refractivity contribution in [1.82, 2.24) is 10.2 Å². The van der Waals surface area contributed by atoms with E-state index in [4.69, 9.17) is 9.47 Å². The first kappa shape index (κ1) is 29.9. The number of nitrogens with zero attached hydrogens (tertiary/aromatic N) is 2. The highest BCUT2D eigenvalue weighted by atomic mass is 32.2. The lowest BCUT2D eigenvalue weighted by atomic mass is 10.1. The molecule has 1 N–H and O–H groups in total. The predicted molar refractivity (Wildman–Crippen MR) is 158 cm³/mol. The van der Waals surface area contributed by atoms with Gasteiger partial charge in [0.2, 0.25) is 11.8 Å². The number of carbonyl (C=O) groups excluding carboxylic acids is 2. The fourth-order valence-corrected chi connectivity index (χ4v) is 5.89. The summed E-state index contributed by atoms with van der Waals surface area (Å²) >= 11 is 0. The molecule has 9 nitrogen and oxygen atoms in total. The lowest BCUT2D eigenvalue weighted by Crippen LogP contribution is -2.52. The Hall–Kier alpha value is -4.05. The maximum atomic E-state index is 14.0. The third-order valence-electron chi connectivity index (χ3n) is 6.76. The van der Waals surface area contributed by atoms with E-state index in [0.29, 0.717) is 37.7 Å². The minimum Gasteiger partial charge on any atom is -0.486 e. The van der Waals surface area contributed by atoms with Crippen molar-refractivity contribution >= 4 is 27.5 Å². The largest absolute Gasteiger partial charge is 0.486 e. The number of ether oxygens (including phenoxy) is 2. The van der Waals surface area contributed by atoms with E-state index in [1.165, 1.54) is 17.0 Å². The van der Waals surface area contributed by atoms with E-state index < -0.39 is 28.5 Å². The first-order valence-electron chi connectivity index (χ1n) is 13.8. The van der Waals surface area contributed by atoms with Crippen LogP contribution in [0.3, 0.4) is 0 Å². The summed E-state index contributed by atoms with van der Waals surface area (Å²) in [4.78, 5) is 28.6. The molecule has 1 heterocycles. The van der Waals surface area contributed by atoms with Crippen molar-refractivity contribution < 1.29 is 27.5 Å². The second-order valence-electron chi connectivity index (χ2n) is 10.3. The zero-order chi connectivity index (χ0) is 29.4. The quantitative estimate of drug-likeness (QED) is 0.349. The number of anilines is 1. The van der Waals surface area contributed by atoms with Crippen molar-refractivity contribution in [3.63, 3.8) is 0 Å². The number of sulfonamides is 1. The van der Waals surface area contributed by atoms with Crippen LogP contribution in [0.1, 0.15) is 26.3 Å². The average Bonchev–Trinajstić information content (AvgIpc) is 2.99. The molecule has 2 amide bonds. The molecule has 0 saturated heterocycles. The number of hydrogen-bond acceptors (Lipinski definition) is 6. The fraction of sp³-hybridized carbons (Fsp3) is 0.355. The zero-order valence-corrected chi connectivity index (χ0v) is 24.5. The molecule has 0 fully saturated rings. The van der Waals surface area contributed by atoms with Crippen LogP contribution in [0.4, 0.5) is 5.69 Å². The monoisotopic (exact) mass is 579 g/mol. The molecule has 1 aliphatic heterocycles. The molecule has 0 aromatic heterocycles. The van der Waals surface area contributed by atoms with Gasteiger partial charge in [-0.3, -0.25) is 13.9 Å². The van der Waals surface area contributed by atoms with Crippen LogP contribution in [0.2, 0.25) is 0 Å². The van der Waals surface area contributed by atoms with Crippen LogP contribution in [-0.2, 0) is 26.0 Å². The average molecular weight is 580 g/mol. The number of amides is 2. The van der Waals surface area contributed by atoms with Crippen molar-refractivity contribution in [2.45, 2.75) is 38.1 Å². The predicted octanol–water partition coefficient (Wildman–Crippen LogP) is 3.89. The van der Waals surface area contributed by atoms with Crippen LogP contribution in [-0.4, -0.2) is 64.0 Å². The molecule has 0 aliphatic carbocycles. The summed E-state index contributed by atoms with van der Waals surface area (Å²) in [5.74, 6) is 0.348. The standard InChI is InChI=1S/C31H37N3O6S/c1-23(2)21-32-31(36)24(3)33(17-16-25-10-6-4-7-11-25)30(35)22-34(41(37,38)27-12-8-5-9-13-27)26-14-15-28-29(20-26)40-19-18-39-28/h4-15,20,23-24H,16-19,21-22H2,1-3H3,(H,32,36)/t24-/m1/s1. The number of rotatable bonds is 12. The lowest BCUT2D eigenvalue weighted by Gasteiger charge is -2.32. The third-order valence-corrected chi connectivity index (χ3v) is 8.55. The van der Waals surface area contributed by atoms with Gasteiger partial charge in [0.05, 0.1) is 10.6 Å². The highest BCUT2D eigenvalue weighted by molar-refractivity contribution is 7.92. The molecule has 1 aliphatic rings. The van der Waals surface area contributed by atoms with E-state index in [2.05, 4.69) is 5.32 Å². The van der Waals surface area contributed by atoms with E-state index in [9.17, 15) is 18.0 Å². The van der Waals surface area contributed by atoms with Crippen molar-refractivity contribution in [3.8, 4) is 11.5 Å². The summed E-state index contributed by atoms with van der Waals surface area (Å²) in [6.07, 6.45) is 0.504. The minimum atomic E-state index is -4.15. The molecule has 4 rings (SSSR count). The lowest BCUT2D eigenvalue weighted by molar-refractivity contribution is -0.138. The first-order valence-corrected chi connectivity index (χ1v) is 15.2. The van der Waals surface area contributed by atoms with Gasteiger partial charge in [0.1, 0.15) is 25.8 Å². The number of fused-ring (bicyclic) bond motifs is 1. The Balaban J connectivity index is 1.67. The van der Waals surface area contributed by atoms with Gasteiger partial charge in [0, 0.05) is 19.2 Å². The van der Waals surface area contributed by atoms with Crippen molar-refractivity contribution in [2.24, 2.45) is 5.92 Å². The molecule has 41 heavy (non-hydrogen) atoms. The van der Waals surface area contributed by atoms with Crippen molar-refractivity contribution in [1.29, 1.82) is 0 Å². The van der Waals surface area contributed by atoms with Crippen molar-refractivity contribution in [2.75, 3.05) is 37.2 Å². The summed E-state index contributed by atoms with van der Waals surface area (Å²) < 4.78 is 40.2. The fourth-order valence-electron chi connectivity index (χ4n) is 4.46. The molecule has 3 aromatic rings. The van der Waals surface area contributed by atoms with Gasteiger partial charge in [-0.2, -0.15) is 0 Å². The Kier molecular flexibility index (Phi) is 9.88. The molecule has 1 atom stereocenters. The van der Waals surface area contributed by atoms with Crippen LogP contribution in [0, 0.1) is 5.92 Å². The number of hydrogen-bond donors (Lipinski definition) is 1. The second-order valence-corrected chi connectivity index (χ2v) is 12.2. The summed E-state index contributed by atoms with van der Waals surface area (Å²) in [5, 5.41) is 2.90. The van der Waals surface area contributed by atoms with Gasteiger partial charge in [0.25, 0.3) is 10.0 Å². The zero-order valence-electron chi connectivity index (χ0n) is 23.7. The van der Waals surface area contributed by atoms with E-state index in [1.54, 1.807) is 43.3 Å². The van der Waals surface area contributed by atoms with Gasteiger partial charge < -0.3 is 19.7 Å². The third kappa shape index (κ3) is 7.58. The van der Waals surface area contributed by atoms with Gasteiger partial charge in [0.15, 0.2) is 11.5 Å². The maximum absolute atomic E-state index is 14.0. The summed E-state index contributed by atoms with van der Waals surface area (Å²) in [7, 11) is -4.15. The SMILES string of the molecule is CC(C)CNC(=O)[C@@H](C)N(CCc1ccccc1)C(=O)CN(c1ccc2c(c1)OCCO2)S(=O)(=O)c1ccccc1. The Bertz CT molecular complexity index is 1430. The Morgan fingerprint density at radius 2 is 1.51 bits per heavy atom. The molecule has 3 aromatic carbocycles. The highest BCUT2D eigenvalue weighted by Crippen LogP contribution is 2.35. The minimum absolute atomic E-state index is 0.0428. The van der Waals surface area contributed by atoms with Gasteiger partial charge in [-0.25, -0.2) is 8.42 Å². The summed E-state index contributed by atoms with van der Waals surface area (Å²) in [5.41, 5.74) is 1.26. The van der Waals surface area contributed by atoms with E-state index >= 15 is 0 Å². The topological polar surface area (TPSA) is 105 Å². The molecule has 10 heteroatoms. The Labute approximate surface area is 242 Å². The number of nitrogens with one attached hydrogen (secondary N) is 1.